The summed E-state index contributed by atoms with van der Waals surface area (Å²) in [6.07, 6.45) is 3.27. The molecule has 2 rings (SSSR count). The Morgan fingerprint density at radius 3 is 3.06 bits per heavy atom. The lowest BCUT2D eigenvalue weighted by molar-refractivity contribution is -0.153. The van der Waals surface area contributed by atoms with Gasteiger partial charge in [-0.3, -0.25) is 14.8 Å². The molecule has 2 N–H and O–H groups in total. The predicted molar refractivity (Wildman–Crippen MR) is 65.2 cm³/mol. The fourth-order valence-electron chi connectivity index (χ4n) is 2.61. The summed E-state index contributed by atoms with van der Waals surface area (Å²) >= 11 is 0. The van der Waals surface area contributed by atoms with Crippen LogP contribution in [0.25, 0.3) is 0 Å². The second-order valence-electron chi connectivity index (χ2n) is 4.82. The van der Waals surface area contributed by atoms with E-state index in [2.05, 4.69) is 10.2 Å². The maximum Gasteiger partial charge on any atom is 0.326 e. The van der Waals surface area contributed by atoms with Gasteiger partial charge in [0.1, 0.15) is 5.54 Å². The molecule has 1 aliphatic heterocycles. The van der Waals surface area contributed by atoms with E-state index in [1.54, 1.807) is 13.3 Å². The number of nitrogens with zero attached hydrogens (tertiary/aromatic N) is 2. The number of hydrogen-bond acceptors (Lipinski definition) is 4. The minimum Gasteiger partial charge on any atom is -0.480 e. The molecule has 1 aromatic heterocycles. The van der Waals surface area contributed by atoms with Crippen LogP contribution in [0.4, 0.5) is 0 Å². The highest BCUT2D eigenvalue weighted by molar-refractivity contribution is 5.79. The highest BCUT2D eigenvalue weighted by Crippen LogP contribution is 2.31. The number of ether oxygens (including phenoxy) is 1. The Balaban J connectivity index is 2.20. The lowest BCUT2D eigenvalue weighted by atomic mass is 9.97. The van der Waals surface area contributed by atoms with E-state index in [-0.39, 0.29) is 6.61 Å². The Kier molecular flexibility index (Phi) is 3.68. The van der Waals surface area contributed by atoms with E-state index in [0.717, 1.165) is 24.2 Å². The number of aromatic amines is 1. The molecular weight excluding hydrogens is 234 g/mol. The lowest BCUT2D eigenvalue weighted by Crippen LogP contribution is -2.53. The van der Waals surface area contributed by atoms with Crippen LogP contribution in [-0.2, 0) is 16.1 Å². The zero-order chi connectivity index (χ0) is 13.2. The van der Waals surface area contributed by atoms with Crippen molar-refractivity contribution >= 4 is 5.97 Å². The molecule has 0 radical (unpaired) electrons. The van der Waals surface area contributed by atoms with E-state index >= 15 is 0 Å². The maximum absolute atomic E-state index is 11.6. The van der Waals surface area contributed by atoms with Crippen molar-refractivity contribution in [1.82, 2.24) is 15.1 Å². The SMILES string of the molecule is COCC1(C(=O)O)CCCN1Cc1cn[nH]c1C. The number of aromatic nitrogens is 2. The molecule has 6 nitrogen and oxygen atoms in total. The van der Waals surface area contributed by atoms with Gasteiger partial charge in [-0.1, -0.05) is 0 Å². The summed E-state index contributed by atoms with van der Waals surface area (Å²) in [5, 5.41) is 16.4. The largest absolute Gasteiger partial charge is 0.480 e. The first-order chi connectivity index (χ1) is 8.60. The van der Waals surface area contributed by atoms with Crippen LogP contribution in [0.2, 0.25) is 0 Å². The van der Waals surface area contributed by atoms with Crippen LogP contribution in [0, 0.1) is 6.92 Å². The second kappa shape index (κ2) is 5.07. The third-order valence-electron chi connectivity index (χ3n) is 3.70. The van der Waals surface area contributed by atoms with Gasteiger partial charge in [0, 0.05) is 24.9 Å². The maximum atomic E-state index is 11.6. The summed E-state index contributed by atoms with van der Waals surface area (Å²) < 4.78 is 5.12. The molecule has 1 aliphatic rings. The minimum atomic E-state index is -0.890. The van der Waals surface area contributed by atoms with E-state index in [0.29, 0.717) is 13.0 Å². The molecular formula is C12H19N3O3. The van der Waals surface area contributed by atoms with Crippen molar-refractivity contribution in [2.24, 2.45) is 0 Å². The molecule has 1 aromatic rings. The molecule has 6 heteroatoms. The molecule has 100 valence electrons. The number of methoxy groups -OCH3 is 1. The van der Waals surface area contributed by atoms with Gasteiger partial charge >= 0.3 is 5.97 Å². The quantitative estimate of drug-likeness (QED) is 0.811. The van der Waals surface area contributed by atoms with E-state index in [1.807, 2.05) is 11.8 Å². The average molecular weight is 253 g/mol. The molecule has 1 unspecified atom stereocenters. The monoisotopic (exact) mass is 253 g/mol. The number of hydrogen-bond donors (Lipinski definition) is 2. The smallest absolute Gasteiger partial charge is 0.326 e. The number of rotatable bonds is 5. The topological polar surface area (TPSA) is 78.5 Å². The van der Waals surface area contributed by atoms with Crippen LogP contribution < -0.4 is 0 Å². The number of aliphatic carboxylic acids is 1. The Bertz CT molecular complexity index is 432. The molecule has 0 spiro atoms. The van der Waals surface area contributed by atoms with Gasteiger partial charge in [-0.05, 0) is 26.3 Å². The zero-order valence-electron chi connectivity index (χ0n) is 10.8. The van der Waals surface area contributed by atoms with Crippen molar-refractivity contribution in [2.75, 3.05) is 20.3 Å². The van der Waals surface area contributed by atoms with Crippen LogP contribution in [0.3, 0.4) is 0 Å². The highest BCUT2D eigenvalue weighted by Gasteiger charge is 2.47. The first-order valence-corrected chi connectivity index (χ1v) is 6.06. The lowest BCUT2D eigenvalue weighted by Gasteiger charge is -2.33. The van der Waals surface area contributed by atoms with Crippen molar-refractivity contribution in [1.29, 1.82) is 0 Å². The number of carboxylic acids is 1. The molecule has 1 fully saturated rings. The molecule has 1 saturated heterocycles. The van der Waals surface area contributed by atoms with Crippen molar-refractivity contribution in [3.8, 4) is 0 Å². The van der Waals surface area contributed by atoms with Gasteiger partial charge in [0.25, 0.3) is 0 Å². The van der Waals surface area contributed by atoms with Gasteiger partial charge < -0.3 is 9.84 Å². The predicted octanol–water partition coefficient (Wildman–Crippen LogP) is 0.784. The van der Waals surface area contributed by atoms with Crippen molar-refractivity contribution in [3.63, 3.8) is 0 Å². The number of H-pyrrole nitrogens is 1. The Labute approximate surface area is 106 Å². The van der Waals surface area contributed by atoms with E-state index in [9.17, 15) is 9.90 Å². The Morgan fingerprint density at radius 1 is 1.72 bits per heavy atom. The minimum absolute atomic E-state index is 0.221. The molecule has 18 heavy (non-hydrogen) atoms. The van der Waals surface area contributed by atoms with E-state index in [4.69, 9.17) is 4.74 Å². The van der Waals surface area contributed by atoms with Gasteiger partial charge in [0.2, 0.25) is 0 Å². The van der Waals surface area contributed by atoms with Crippen LogP contribution in [0.1, 0.15) is 24.1 Å². The van der Waals surface area contributed by atoms with Gasteiger partial charge in [0.15, 0.2) is 0 Å². The van der Waals surface area contributed by atoms with Gasteiger partial charge in [-0.2, -0.15) is 5.10 Å². The number of nitrogens with one attached hydrogen (secondary N) is 1. The summed E-state index contributed by atoms with van der Waals surface area (Å²) in [5.41, 5.74) is 1.13. The first-order valence-electron chi connectivity index (χ1n) is 6.06. The average Bonchev–Trinajstić information content (AvgIpc) is 2.89. The van der Waals surface area contributed by atoms with Crippen molar-refractivity contribution in [2.45, 2.75) is 31.8 Å². The van der Waals surface area contributed by atoms with E-state index < -0.39 is 11.5 Å². The fourth-order valence-corrected chi connectivity index (χ4v) is 2.61. The number of carboxylic acid groups (broad SMARTS) is 1. The number of aryl methyl sites for hydroxylation is 1. The molecule has 0 aromatic carbocycles. The third kappa shape index (κ3) is 2.13. The standard InChI is InChI=1S/C12H19N3O3/c1-9-10(6-13-14-9)7-15-5-3-4-12(15,8-18-2)11(16)17/h6H,3-5,7-8H2,1-2H3,(H,13,14)(H,16,17). The Morgan fingerprint density at radius 2 is 2.50 bits per heavy atom. The molecule has 1 atom stereocenters. The summed E-state index contributed by atoms with van der Waals surface area (Å²) in [6, 6.07) is 0. The molecule has 0 bridgehead atoms. The Hall–Kier alpha value is -1.40. The normalized spacial score (nSPS) is 24.6. The van der Waals surface area contributed by atoms with Crippen LogP contribution in [0.15, 0.2) is 6.20 Å². The second-order valence-corrected chi connectivity index (χ2v) is 4.82. The summed E-state index contributed by atoms with van der Waals surface area (Å²) in [7, 11) is 1.55. The number of likely N-dealkylation sites (tertiary alicyclic amines) is 1. The third-order valence-corrected chi connectivity index (χ3v) is 3.70. The fraction of sp³-hybridized carbons (Fsp3) is 0.667. The summed E-state index contributed by atoms with van der Waals surface area (Å²) in [5.74, 6) is -0.803. The molecule has 0 aliphatic carbocycles. The summed E-state index contributed by atoms with van der Waals surface area (Å²) in [6.45, 7) is 3.54. The van der Waals surface area contributed by atoms with E-state index in [1.165, 1.54) is 0 Å². The molecule has 2 heterocycles. The zero-order valence-corrected chi connectivity index (χ0v) is 10.8. The van der Waals surface area contributed by atoms with Gasteiger partial charge in [0.05, 0.1) is 12.8 Å². The highest BCUT2D eigenvalue weighted by atomic mass is 16.5. The van der Waals surface area contributed by atoms with Gasteiger partial charge in [-0.15, -0.1) is 0 Å². The van der Waals surface area contributed by atoms with Gasteiger partial charge in [-0.25, -0.2) is 0 Å². The number of carbonyl (C=O) groups is 1. The molecule has 0 saturated carbocycles. The van der Waals surface area contributed by atoms with Crippen LogP contribution >= 0.6 is 0 Å². The van der Waals surface area contributed by atoms with Crippen LogP contribution in [0.5, 0.6) is 0 Å². The van der Waals surface area contributed by atoms with Crippen molar-refractivity contribution in [3.05, 3.63) is 17.5 Å². The summed E-state index contributed by atoms with van der Waals surface area (Å²) in [4.78, 5) is 13.6. The van der Waals surface area contributed by atoms with Crippen LogP contribution in [-0.4, -0.2) is 52.0 Å². The first kappa shape index (κ1) is 13.0. The van der Waals surface area contributed by atoms with Crippen molar-refractivity contribution < 1.29 is 14.6 Å². The molecule has 0 amide bonds.